The molecule has 2 N–H and O–H groups in total. The standard InChI is InChI=1S/C15H25N.C4H4O4/c1-3-4-5-6-7-14-8-10-15(11-9-14)12-13(2)16;5-3(6)1-2-4(7)8/h8-11,13H,3-7,12,16H2,1-2H3;1-2H,(H,5,6)(H,7,8)/p-2/b;2-1+. The molecule has 0 aliphatic heterocycles. The van der Waals surface area contributed by atoms with E-state index in [1.54, 1.807) is 0 Å². The lowest BCUT2D eigenvalue weighted by atomic mass is 10.0. The van der Waals surface area contributed by atoms with Crippen LogP contribution in [0.15, 0.2) is 36.4 Å². The van der Waals surface area contributed by atoms with E-state index in [0.717, 1.165) is 6.42 Å². The number of unbranched alkanes of at least 4 members (excludes halogenated alkanes) is 3. The van der Waals surface area contributed by atoms with Gasteiger partial charge in [0.25, 0.3) is 0 Å². The second-order valence-corrected chi connectivity index (χ2v) is 5.78. The second kappa shape index (κ2) is 13.3. The quantitative estimate of drug-likeness (QED) is 0.530. The van der Waals surface area contributed by atoms with Crippen LogP contribution in [0.5, 0.6) is 0 Å². The van der Waals surface area contributed by atoms with Crippen molar-refractivity contribution in [3.05, 3.63) is 47.5 Å². The average molecular weight is 333 g/mol. The fourth-order valence-corrected chi connectivity index (χ4v) is 2.11. The lowest BCUT2D eigenvalue weighted by Crippen LogP contribution is -2.23. The summed E-state index contributed by atoms with van der Waals surface area (Å²) in [6.07, 6.45) is 8.33. The molecule has 5 heteroatoms. The lowest BCUT2D eigenvalue weighted by molar-refractivity contribution is -0.301. The molecule has 1 aromatic rings. The summed E-state index contributed by atoms with van der Waals surface area (Å²) in [7, 11) is 0. The molecule has 0 radical (unpaired) electrons. The van der Waals surface area contributed by atoms with Gasteiger partial charge in [-0.05, 0) is 49.5 Å². The maximum Gasteiger partial charge on any atom is 0.0643 e. The van der Waals surface area contributed by atoms with Crippen molar-refractivity contribution in [3.8, 4) is 0 Å². The number of benzene rings is 1. The van der Waals surface area contributed by atoms with Crippen molar-refractivity contribution in [3.63, 3.8) is 0 Å². The number of nitrogens with two attached hydrogens (primary N) is 1. The molecule has 1 unspecified atom stereocenters. The van der Waals surface area contributed by atoms with Gasteiger partial charge in [-0.2, -0.15) is 0 Å². The zero-order valence-electron chi connectivity index (χ0n) is 14.5. The first-order valence-electron chi connectivity index (χ1n) is 8.28. The summed E-state index contributed by atoms with van der Waals surface area (Å²) in [5.74, 6) is -3.09. The van der Waals surface area contributed by atoms with E-state index in [1.165, 1.54) is 43.2 Å². The molecule has 0 amide bonds. The number of carboxylic acid groups (broad SMARTS) is 2. The van der Waals surface area contributed by atoms with Crippen LogP contribution >= 0.6 is 0 Å². The van der Waals surface area contributed by atoms with Crippen molar-refractivity contribution in [1.82, 2.24) is 0 Å². The first-order valence-corrected chi connectivity index (χ1v) is 8.28. The summed E-state index contributed by atoms with van der Waals surface area (Å²) < 4.78 is 0. The molecule has 1 aromatic carbocycles. The minimum atomic E-state index is -1.55. The highest BCUT2D eigenvalue weighted by atomic mass is 16.4. The second-order valence-electron chi connectivity index (χ2n) is 5.78. The van der Waals surface area contributed by atoms with Gasteiger partial charge in [-0.25, -0.2) is 0 Å². The fourth-order valence-electron chi connectivity index (χ4n) is 2.11. The molecule has 0 spiro atoms. The normalized spacial score (nSPS) is 11.6. The Hall–Kier alpha value is -2.14. The zero-order valence-corrected chi connectivity index (χ0v) is 14.5. The maximum absolute atomic E-state index is 9.41. The first kappa shape index (κ1) is 21.9. The van der Waals surface area contributed by atoms with E-state index in [1.807, 2.05) is 0 Å². The smallest absolute Gasteiger partial charge is 0.0643 e. The van der Waals surface area contributed by atoms with Gasteiger partial charge < -0.3 is 25.5 Å². The van der Waals surface area contributed by atoms with Gasteiger partial charge in [0.15, 0.2) is 0 Å². The van der Waals surface area contributed by atoms with Crippen molar-refractivity contribution in [2.24, 2.45) is 5.73 Å². The Labute approximate surface area is 144 Å². The zero-order chi connectivity index (χ0) is 18.4. The van der Waals surface area contributed by atoms with Crippen molar-refractivity contribution in [1.29, 1.82) is 0 Å². The van der Waals surface area contributed by atoms with E-state index in [4.69, 9.17) is 5.73 Å². The number of hydrogen-bond acceptors (Lipinski definition) is 5. The number of carbonyl (C=O) groups is 2. The first-order chi connectivity index (χ1) is 11.3. The highest BCUT2D eigenvalue weighted by molar-refractivity contribution is 5.87. The molecule has 0 saturated carbocycles. The summed E-state index contributed by atoms with van der Waals surface area (Å²) >= 11 is 0. The summed E-state index contributed by atoms with van der Waals surface area (Å²) in [6.45, 7) is 4.31. The van der Waals surface area contributed by atoms with Crippen LogP contribution in [0.4, 0.5) is 0 Å². The average Bonchev–Trinajstić information content (AvgIpc) is 2.51. The molecule has 24 heavy (non-hydrogen) atoms. The van der Waals surface area contributed by atoms with Gasteiger partial charge in [-0.1, -0.05) is 50.5 Å². The molecule has 5 nitrogen and oxygen atoms in total. The van der Waals surface area contributed by atoms with Crippen LogP contribution in [0.3, 0.4) is 0 Å². The number of carbonyl (C=O) groups excluding carboxylic acids is 2. The van der Waals surface area contributed by atoms with E-state index >= 15 is 0 Å². The van der Waals surface area contributed by atoms with Gasteiger partial charge in [0.05, 0.1) is 11.9 Å². The molecule has 0 aromatic heterocycles. The predicted octanol–water partition coefficient (Wildman–Crippen LogP) is 0.742. The fraction of sp³-hybridized carbons (Fsp3) is 0.474. The van der Waals surface area contributed by atoms with Crippen LogP contribution in [0, 0.1) is 0 Å². The third-order valence-corrected chi connectivity index (χ3v) is 3.26. The number of hydrogen-bond donors (Lipinski definition) is 1. The van der Waals surface area contributed by atoms with E-state index in [-0.39, 0.29) is 6.04 Å². The molecule has 134 valence electrons. The highest BCUT2D eigenvalue weighted by Gasteiger charge is 1.98. The minimum Gasteiger partial charge on any atom is -0.545 e. The summed E-state index contributed by atoms with van der Waals surface area (Å²) in [5.41, 5.74) is 8.59. The molecule has 0 aliphatic rings. The Morgan fingerprint density at radius 3 is 1.92 bits per heavy atom. The molecule has 0 saturated heterocycles. The van der Waals surface area contributed by atoms with Crippen LogP contribution in [-0.2, 0) is 22.4 Å². The molecule has 1 rings (SSSR count). The highest BCUT2D eigenvalue weighted by Crippen LogP contribution is 2.10. The number of carboxylic acids is 2. The largest absolute Gasteiger partial charge is 0.545 e. The van der Waals surface area contributed by atoms with Crippen LogP contribution in [0.25, 0.3) is 0 Å². The van der Waals surface area contributed by atoms with E-state index in [0.29, 0.717) is 12.2 Å². The number of aryl methyl sites for hydroxylation is 1. The van der Waals surface area contributed by atoms with E-state index in [2.05, 4.69) is 38.1 Å². The van der Waals surface area contributed by atoms with Crippen LogP contribution in [0.1, 0.15) is 50.7 Å². The van der Waals surface area contributed by atoms with Gasteiger partial charge in [0.1, 0.15) is 0 Å². The van der Waals surface area contributed by atoms with E-state index < -0.39 is 11.9 Å². The molecular formula is C19H27NO4-2. The predicted molar refractivity (Wildman–Crippen MR) is 90.8 cm³/mol. The van der Waals surface area contributed by atoms with Gasteiger partial charge in [-0.15, -0.1) is 0 Å². The van der Waals surface area contributed by atoms with Crippen LogP contribution < -0.4 is 15.9 Å². The Balaban J connectivity index is 0.000000561. The van der Waals surface area contributed by atoms with Gasteiger partial charge in [-0.3, -0.25) is 0 Å². The molecular weight excluding hydrogens is 306 g/mol. The number of aliphatic carboxylic acids is 2. The number of rotatable bonds is 9. The topological polar surface area (TPSA) is 106 Å². The molecule has 0 fully saturated rings. The molecule has 1 atom stereocenters. The van der Waals surface area contributed by atoms with E-state index in [9.17, 15) is 19.8 Å². The maximum atomic E-state index is 9.41. The third-order valence-electron chi connectivity index (χ3n) is 3.26. The Morgan fingerprint density at radius 2 is 1.50 bits per heavy atom. The van der Waals surface area contributed by atoms with Crippen LogP contribution in [-0.4, -0.2) is 18.0 Å². The van der Waals surface area contributed by atoms with Crippen molar-refractivity contribution in [2.45, 2.75) is 58.4 Å². The van der Waals surface area contributed by atoms with Crippen molar-refractivity contribution < 1.29 is 19.8 Å². The monoisotopic (exact) mass is 333 g/mol. The Morgan fingerprint density at radius 1 is 1.00 bits per heavy atom. The third kappa shape index (κ3) is 13.5. The van der Waals surface area contributed by atoms with Gasteiger partial charge in [0, 0.05) is 6.04 Å². The van der Waals surface area contributed by atoms with Crippen molar-refractivity contribution in [2.75, 3.05) is 0 Å². The summed E-state index contributed by atoms with van der Waals surface area (Å²) in [4.78, 5) is 18.8. The minimum absolute atomic E-state index is 0.260. The van der Waals surface area contributed by atoms with Gasteiger partial charge in [0.2, 0.25) is 0 Å². The molecule has 0 aliphatic carbocycles. The Bertz CT molecular complexity index is 491. The van der Waals surface area contributed by atoms with Crippen LogP contribution in [0.2, 0.25) is 0 Å². The SMILES string of the molecule is CCCCCCc1ccc(CC(C)N)cc1.O=C([O-])/C=C/C(=O)[O-]. The molecule has 0 heterocycles. The van der Waals surface area contributed by atoms with Crippen molar-refractivity contribution >= 4 is 11.9 Å². The molecule has 0 bridgehead atoms. The summed E-state index contributed by atoms with van der Waals surface area (Å²) in [5, 5.41) is 18.8. The summed E-state index contributed by atoms with van der Waals surface area (Å²) in [6, 6.07) is 9.21. The van der Waals surface area contributed by atoms with Gasteiger partial charge >= 0.3 is 0 Å². The lowest BCUT2D eigenvalue weighted by Gasteiger charge is -2.06. The Kier molecular flexibility index (Phi) is 12.1.